The van der Waals surface area contributed by atoms with Crippen LogP contribution in [0.3, 0.4) is 0 Å². The molecule has 2 rings (SSSR count). The Bertz CT molecular complexity index is 1020. The Morgan fingerprint density at radius 3 is 2.50 bits per heavy atom. The summed E-state index contributed by atoms with van der Waals surface area (Å²) in [6, 6.07) is 12.0. The molecule has 0 radical (unpaired) electrons. The molecule has 0 heterocycles. The molecule has 0 unspecified atom stereocenters. The van der Waals surface area contributed by atoms with Crippen LogP contribution in [0.4, 0.5) is 5.69 Å². The van der Waals surface area contributed by atoms with Crippen LogP contribution in [0.15, 0.2) is 41.3 Å². The number of aryl methyl sites for hydroxylation is 2. The van der Waals surface area contributed by atoms with E-state index >= 15 is 0 Å². The number of nitriles is 1. The van der Waals surface area contributed by atoms with Gasteiger partial charge in [0.25, 0.3) is 5.91 Å². The van der Waals surface area contributed by atoms with Crippen molar-refractivity contribution in [1.82, 2.24) is 9.62 Å². The second kappa shape index (κ2) is 8.97. The summed E-state index contributed by atoms with van der Waals surface area (Å²) in [7, 11) is 0.0166. The van der Waals surface area contributed by atoms with Crippen molar-refractivity contribution in [3.63, 3.8) is 0 Å². The van der Waals surface area contributed by atoms with E-state index in [1.54, 1.807) is 25.1 Å². The van der Waals surface area contributed by atoms with Crippen molar-refractivity contribution in [2.24, 2.45) is 0 Å². The number of hydrogen-bond donors (Lipinski definition) is 2. The third-order valence-electron chi connectivity index (χ3n) is 4.08. The summed E-state index contributed by atoms with van der Waals surface area (Å²) >= 11 is 0. The number of sulfonamides is 1. The van der Waals surface area contributed by atoms with E-state index in [9.17, 15) is 13.2 Å². The topological polar surface area (TPSA) is 102 Å². The smallest absolute Gasteiger partial charge is 0.255 e. The Balaban J connectivity index is 2.34. The Labute approximate surface area is 166 Å². The molecule has 0 saturated carbocycles. The van der Waals surface area contributed by atoms with Crippen LogP contribution in [-0.2, 0) is 16.6 Å². The predicted molar refractivity (Wildman–Crippen MR) is 109 cm³/mol. The summed E-state index contributed by atoms with van der Waals surface area (Å²) in [6.07, 6.45) is 0. The molecule has 7 nitrogen and oxygen atoms in total. The van der Waals surface area contributed by atoms with Gasteiger partial charge in [-0.15, -0.1) is 0 Å². The highest BCUT2D eigenvalue weighted by Crippen LogP contribution is 2.21. The Morgan fingerprint density at radius 1 is 1.14 bits per heavy atom. The van der Waals surface area contributed by atoms with E-state index in [2.05, 4.69) is 10.0 Å². The zero-order valence-corrected chi connectivity index (χ0v) is 17.2. The summed E-state index contributed by atoms with van der Waals surface area (Å²) in [5.74, 6) is -0.402. The van der Waals surface area contributed by atoms with Gasteiger partial charge in [-0.1, -0.05) is 23.8 Å². The Morgan fingerprint density at radius 2 is 1.86 bits per heavy atom. The summed E-state index contributed by atoms with van der Waals surface area (Å²) in [5, 5.41) is 11.5. The lowest BCUT2D eigenvalue weighted by Gasteiger charge is -2.16. The van der Waals surface area contributed by atoms with Gasteiger partial charge >= 0.3 is 0 Å². The quantitative estimate of drug-likeness (QED) is 0.695. The van der Waals surface area contributed by atoms with Gasteiger partial charge in [0.1, 0.15) is 0 Å². The van der Waals surface area contributed by atoms with Gasteiger partial charge in [0.2, 0.25) is 10.0 Å². The number of amides is 1. The molecule has 0 aromatic heterocycles. The molecule has 0 aliphatic rings. The van der Waals surface area contributed by atoms with Crippen LogP contribution in [0.5, 0.6) is 0 Å². The summed E-state index contributed by atoms with van der Waals surface area (Å²) in [6.45, 7) is 3.94. The van der Waals surface area contributed by atoms with Gasteiger partial charge in [0.05, 0.1) is 17.5 Å². The van der Waals surface area contributed by atoms with Gasteiger partial charge in [-0.25, -0.2) is 8.42 Å². The molecule has 1 amide bonds. The maximum absolute atomic E-state index is 12.7. The van der Waals surface area contributed by atoms with Crippen molar-refractivity contribution >= 4 is 21.6 Å². The molecule has 0 aliphatic heterocycles. The highest BCUT2D eigenvalue weighted by atomic mass is 32.2. The van der Waals surface area contributed by atoms with Crippen LogP contribution >= 0.6 is 0 Å². The van der Waals surface area contributed by atoms with Crippen LogP contribution in [0.25, 0.3) is 0 Å². The number of benzene rings is 2. The number of anilines is 1. The van der Waals surface area contributed by atoms with E-state index in [4.69, 9.17) is 5.26 Å². The maximum atomic E-state index is 12.7. The van der Waals surface area contributed by atoms with Crippen molar-refractivity contribution < 1.29 is 13.2 Å². The number of nitrogens with one attached hydrogen (secondary N) is 2. The third-order valence-corrected chi connectivity index (χ3v) is 5.62. The SMILES string of the molecule is Cc1ccc(NC(=O)c2ccc(C)c(S(=O)(=O)NCC#N)c2)c(CN(C)C)c1. The lowest BCUT2D eigenvalue weighted by molar-refractivity contribution is 0.102. The van der Waals surface area contributed by atoms with Gasteiger partial charge in [-0.3, -0.25) is 4.79 Å². The van der Waals surface area contributed by atoms with E-state index in [0.29, 0.717) is 17.8 Å². The van der Waals surface area contributed by atoms with Crippen LogP contribution in [0, 0.1) is 25.2 Å². The molecule has 0 bridgehead atoms. The number of rotatable bonds is 7. The number of carbonyl (C=O) groups excluding carboxylic acids is 1. The minimum absolute atomic E-state index is 0.0205. The molecule has 28 heavy (non-hydrogen) atoms. The first-order chi connectivity index (χ1) is 13.1. The monoisotopic (exact) mass is 400 g/mol. The molecule has 2 aromatic rings. The van der Waals surface area contributed by atoms with E-state index in [0.717, 1.165) is 11.1 Å². The molecule has 0 spiro atoms. The largest absolute Gasteiger partial charge is 0.322 e. The molecule has 0 aliphatic carbocycles. The van der Waals surface area contributed by atoms with Crippen molar-refractivity contribution in [2.45, 2.75) is 25.3 Å². The molecule has 2 N–H and O–H groups in total. The van der Waals surface area contributed by atoms with Crippen LogP contribution in [-0.4, -0.2) is 39.9 Å². The van der Waals surface area contributed by atoms with Crippen molar-refractivity contribution in [3.05, 3.63) is 58.7 Å². The van der Waals surface area contributed by atoms with E-state index < -0.39 is 15.9 Å². The Hall–Kier alpha value is -2.73. The van der Waals surface area contributed by atoms with Crippen LogP contribution in [0.2, 0.25) is 0 Å². The number of nitrogens with zero attached hydrogens (tertiary/aromatic N) is 2. The Kier molecular flexibility index (Phi) is 6.91. The average molecular weight is 401 g/mol. The zero-order chi connectivity index (χ0) is 20.9. The lowest BCUT2D eigenvalue weighted by atomic mass is 10.1. The summed E-state index contributed by atoms with van der Waals surface area (Å²) in [5.41, 5.74) is 3.44. The molecule has 8 heteroatoms. The van der Waals surface area contributed by atoms with Gasteiger partial charge < -0.3 is 10.2 Å². The molecule has 0 fully saturated rings. The van der Waals surface area contributed by atoms with Gasteiger partial charge in [-0.05, 0) is 57.3 Å². The molecular formula is C20H24N4O3S. The first-order valence-corrected chi connectivity index (χ1v) is 10.1. The van der Waals surface area contributed by atoms with E-state index in [-0.39, 0.29) is 17.0 Å². The van der Waals surface area contributed by atoms with Gasteiger partial charge in [0, 0.05) is 17.8 Å². The molecule has 148 valence electrons. The van der Waals surface area contributed by atoms with Gasteiger partial charge in [-0.2, -0.15) is 9.98 Å². The minimum Gasteiger partial charge on any atom is -0.322 e. The van der Waals surface area contributed by atoms with Crippen LogP contribution < -0.4 is 10.0 Å². The third kappa shape index (κ3) is 5.39. The fraction of sp³-hybridized carbons (Fsp3) is 0.300. The predicted octanol–water partition coefficient (Wildman–Crippen LogP) is 2.42. The van der Waals surface area contributed by atoms with Crippen molar-refractivity contribution in [2.75, 3.05) is 26.0 Å². The fourth-order valence-electron chi connectivity index (χ4n) is 2.75. The van der Waals surface area contributed by atoms with E-state index in [1.165, 1.54) is 6.07 Å². The summed E-state index contributed by atoms with van der Waals surface area (Å²) in [4.78, 5) is 14.7. The zero-order valence-electron chi connectivity index (χ0n) is 16.4. The maximum Gasteiger partial charge on any atom is 0.255 e. The first kappa shape index (κ1) is 21.6. The van der Waals surface area contributed by atoms with Crippen LogP contribution in [0.1, 0.15) is 27.0 Å². The van der Waals surface area contributed by atoms with Crippen molar-refractivity contribution in [3.8, 4) is 6.07 Å². The number of hydrogen-bond acceptors (Lipinski definition) is 5. The van der Waals surface area contributed by atoms with Gasteiger partial charge in [0.15, 0.2) is 0 Å². The molecule has 0 atom stereocenters. The number of carbonyl (C=O) groups is 1. The highest BCUT2D eigenvalue weighted by molar-refractivity contribution is 7.89. The lowest BCUT2D eigenvalue weighted by Crippen LogP contribution is -2.25. The highest BCUT2D eigenvalue weighted by Gasteiger charge is 2.19. The molecule has 2 aromatic carbocycles. The normalized spacial score (nSPS) is 11.3. The first-order valence-electron chi connectivity index (χ1n) is 8.67. The molecular weight excluding hydrogens is 376 g/mol. The van der Waals surface area contributed by atoms with E-state index in [1.807, 2.05) is 44.1 Å². The second-order valence-electron chi connectivity index (χ2n) is 6.82. The minimum atomic E-state index is -3.87. The molecule has 0 saturated heterocycles. The standard InChI is InChI=1S/C20H24N4O3S/c1-14-5-8-18(17(11-14)13-24(3)4)23-20(25)16-7-6-15(2)19(12-16)28(26,27)22-10-9-21/h5-8,11-12,22H,10,13H2,1-4H3,(H,23,25). The van der Waals surface area contributed by atoms with Crippen molar-refractivity contribution in [1.29, 1.82) is 5.26 Å². The average Bonchev–Trinajstić information content (AvgIpc) is 2.62. The summed E-state index contributed by atoms with van der Waals surface area (Å²) < 4.78 is 26.9. The fourth-order valence-corrected chi connectivity index (χ4v) is 3.93. The second-order valence-corrected chi connectivity index (χ2v) is 8.55.